The zero-order valence-corrected chi connectivity index (χ0v) is 15.4. The lowest BCUT2D eigenvalue weighted by molar-refractivity contribution is -0.133. The van der Waals surface area contributed by atoms with Crippen LogP contribution in [0.25, 0.3) is 0 Å². The van der Waals surface area contributed by atoms with Gasteiger partial charge in [0.15, 0.2) is 0 Å². The predicted octanol–water partition coefficient (Wildman–Crippen LogP) is 2.01. The third-order valence-corrected chi connectivity index (χ3v) is 5.84. The highest BCUT2D eigenvalue weighted by atomic mass is 32.2. The zero-order valence-electron chi connectivity index (χ0n) is 14.6. The summed E-state index contributed by atoms with van der Waals surface area (Å²) < 4.78 is 26.9. The third-order valence-electron chi connectivity index (χ3n) is 4.44. The Morgan fingerprint density at radius 1 is 1.21 bits per heavy atom. The first-order valence-electron chi connectivity index (χ1n) is 8.34. The maximum Gasteiger partial charge on any atom is 0.263 e. The second-order valence-electron chi connectivity index (χ2n) is 5.92. The van der Waals surface area contributed by atoms with Crippen molar-refractivity contribution < 1.29 is 13.2 Å². The molecule has 0 bridgehead atoms. The number of fused-ring (bicyclic) bond motifs is 1. The maximum atomic E-state index is 12.8. The Hall–Kier alpha value is -1.89. The number of hydrogen-bond acceptors (Lipinski definition) is 4. The van der Waals surface area contributed by atoms with E-state index in [0.29, 0.717) is 18.7 Å². The topological polar surface area (TPSA) is 78.8 Å². The summed E-state index contributed by atoms with van der Waals surface area (Å²) in [5.41, 5.74) is 0.526. The van der Waals surface area contributed by atoms with Crippen molar-refractivity contribution in [2.24, 2.45) is 10.9 Å². The van der Waals surface area contributed by atoms with Gasteiger partial charge in [0.1, 0.15) is 11.9 Å². The van der Waals surface area contributed by atoms with Crippen molar-refractivity contribution in [2.75, 3.05) is 13.1 Å². The molecule has 2 atom stereocenters. The summed E-state index contributed by atoms with van der Waals surface area (Å²) in [5.74, 6) is 0.213. The van der Waals surface area contributed by atoms with Gasteiger partial charge in [-0.1, -0.05) is 32.4 Å². The van der Waals surface area contributed by atoms with Crippen molar-refractivity contribution >= 4 is 21.8 Å². The molecule has 1 amide bonds. The Morgan fingerprint density at radius 3 is 2.42 bits per heavy atom. The van der Waals surface area contributed by atoms with Gasteiger partial charge in [-0.2, -0.15) is 0 Å². The van der Waals surface area contributed by atoms with Crippen LogP contribution in [0.4, 0.5) is 0 Å². The van der Waals surface area contributed by atoms with Gasteiger partial charge >= 0.3 is 0 Å². The van der Waals surface area contributed by atoms with Crippen LogP contribution in [0.3, 0.4) is 0 Å². The molecule has 0 radical (unpaired) electrons. The first kappa shape index (κ1) is 18.4. The quantitative estimate of drug-likeness (QED) is 0.851. The minimum absolute atomic E-state index is 0.0165. The van der Waals surface area contributed by atoms with Gasteiger partial charge in [-0.15, -0.1) is 0 Å². The highest BCUT2D eigenvalue weighted by molar-refractivity contribution is 7.90. The number of carbonyl (C=O) groups excluding carboxylic acids is 1. The summed E-state index contributed by atoms with van der Waals surface area (Å²) in [6.07, 6.45) is 0.781. The van der Waals surface area contributed by atoms with E-state index in [4.69, 9.17) is 0 Å². The van der Waals surface area contributed by atoms with Crippen LogP contribution in [0.2, 0.25) is 0 Å². The van der Waals surface area contributed by atoms with E-state index in [1.54, 1.807) is 29.2 Å². The number of benzene rings is 1. The Balaban J connectivity index is 2.47. The second-order valence-corrected chi connectivity index (χ2v) is 7.57. The number of amidine groups is 1. The number of sulfonamides is 1. The van der Waals surface area contributed by atoms with Gasteiger partial charge in [0.2, 0.25) is 5.91 Å². The van der Waals surface area contributed by atoms with Crippen molar-refractivity contribution in [2.45, 2.75) is 45.1 Å². The van der Waals surface area contributed by atoms with E-state index in [2.05, 4.69) is 9.71 Å². The molecule has 1 heterocycles. The summed E-state index contributed by atoms with van der Waals surface area (Å²) in [6.45, 7) is 9.03. The first-order chi connectivity index (χ1) is 11.4. The van der Waals surface area contributed by atoms with Gasteiger partial charge < -0.3 is 4.90 Å². The van der Waals surface area contributed by atoms with Crippen LogP contribution < -0.4 is 4.72 Å². The van der Waals surface area contributed by atoms with Gasteiger partial charge in [0.25, 0.3) is 10.0 Å². The lowest BCUT2D eigenvalue weighted by Crippen LogP contribution is -2.42. The van der Waals surface area contributed by atoms with Crippen LogP contribution in [-0.2, 0) is 14.8 Å². The first-order valence-corrected chi connectivity index (χ1v) is 9.82. The van der Waals surface area contributed by atoms with Gasteiger partial charge in [0.05, 0.1) is 4.90 Å². The minimum atomic E-state index is -3.60. The average Bonchev–Trinajstić information content (AvgIpc) is 2.84. The Labute approximate surface area is 144 Å². The standard InChI is InChI=1S/C17H25N3O3S/c1-5-12(4)15(17(21)20(6-2)7-3)18-16-13-10-8-9-11-14(13)24(22,23)19-16/h8-12,15H,5-7H2,1-4H3,(H,18,19)/t12-,15+/m0/s1. The Morgan fingerprint density at radius 2 is 1.83 bits per heavy atom. The van der Waals surface area contributed by atoms with Crippen molar-refractivity contribution in [3.8, 4) is 0 Å². The van der Waals surface area contributed by atoms with Crippen LogP contribution in [0.1, 0.15) is 39.7 Å². The number of aliphatic imine (C=N–C) groups is 1. The van der Waals surface area contributed by atoms with Crippen molar-refractivity contribution in [1.29, 1.82) is 0 Å². The van der Waals surface area contributed by atoms with Crippen LogP contribution in [0, 0.1) is 5.92 Å². The number of amides is 1. The minimum Gasteiger partial charge on any atom is -0.341 e. The van der Waals surface area contributed by atoms with Crippen molar-refractivity contribution in [3.05, 3.63) is 29.8 Å². The highest BCUT2D eigenvalue weighted by Gasteiger charge is 2.33. The molecule has 1 aromatic rings. The number of hydrogen-bond donors (Lipinski definition) is 1. The number of nitrogens with zero attached hydrogens (tertiary/aromatic N) is 2. The molecule has 0 saturated carbocycles. The molecule has 1 aliphatic rings. The summed E-state index contributed by atoms with van der Waals surface area (Å²) in [7, 11) is -3.60. The fourth-order valence-electron chi connectivity index (χ4n) is 2.74. The molecule has 0 fully saturated rings. The smallest absolute Gasteiger partial charge is 0.263 e. The molecule has 1 aliphatic heterocycles. The van der Waals surface area contributed by atoms with Gasteiger partial charge in [0, 0.05) is 18.7 Å². The molecule has 132 valence electrons. The molecular weight excluding hydrogens is 326 g/mol. The van der Waals surface area contributed by atoms with E-state index in [0.717, 1.165) is 6.42 Å². The predicted molar refractivity (Wildman–Crippen MR) is 94.5 cm³/mol. The van der Waals surface area contributed by atoms with E-state index < -0.39 is 16.1 Å². The third kappa shape index (κ3) is 3.45. The van der Waals surface area contributed by atoms with Crippen molar-refractivity contribution in [1.82, 2.24) is 9.62 Å². The molecule has 1 aromatic carbocycles. The second kappa shape index (κ2) is 7.34. The summed E-state index contributed by atoms with van der Waals surface area (Å²) in [4.78, 5) is 19.3. The molecule has 1 N–H and O–H groups in total. The van der Waals surface area contributed by atoms with Crippen molar-refractivity contribution in [3.63, 3.8) is 0 Å². The maximum absolute atomic E-state index is 12.8. The highest BCUT2D eigenvalue weighted by Crippen LogP contribution is 2.24. The summed E-state index contributed by atoms with van der Waals surface area (Å²) in [5, 5.41) is 0. The molecular formula is C17H25N3O3S. The number of carbonyl (C=O) groups is 1. The molecule has 0 unspecified atom stereocenters. The average molecular weight is 351 g/mol. The van der Waals surface area contributed by atoms with E-state index >= 15 is 0 Å². The molecule has 24 heavy (non-hydrogen) atoms. The number of nitrogens with one attached hydrogen (secondary N) is 1. The fraction of sp³-hybridized carbons (Fsp3) is 0.529. The lowest BCUT2D eigenvalue weighted by Gasteiger charge is -2.26. The van der Waals surface area contributed by atoms with E-state index in [1.807, 2.05) is 27.7 Å². The van der Waals surface area contributed by atoms with E-state index in [9.17, 15) is 13.2 Å². The molecule has 0 spiro atoms. The zero-order chi connectivity index (χ0) is 17.9. The van der Waals surface area contributed by atoms with E-state index in [1.165, 1.54) is 0 Å². The molecule has 6 nitrogen and oxygen atoms in total. The van der Waals surface area contributed by atoms with Crippen LogP contribution in [-0.4, -0.2) is 44.2 Å². The normalized spacial score (nSPS) is 19.4. The van der Waals surface area contributed by atoms with Gasteiger partial charge in [-0.05, 0) is 31.9 Å². The summed E-state index contributed by atoms with van der Waals surface area (Å²) in [6, 6.07) is 6.10. The molecule has 0 aliphatic carbocycles. The molecule has 0 aromatic heterocycles. The monoisotopic (exact) mass is 351 g/mol. The number of rotatable bonds is 6. The molecule has 2 rings (SSSR count). The molecule has 0 saturated heterocycles. The summed E-state index contributed by atoms with van der Waals surface area (Å²) >= 11 is 0. The van der Waals surface area contributed by atoms with Gasteiger partial charge in [-0.25, -0.2) is 8.42 Å². The molecule has 7 heteroatoms. The largest absolute Gasteiger partial charge is 0.341 e. The SMILES string of the molecule is CC[C@H](C)[C@@H](N=C1NS(=O)(=O)c2ccccc21)C(=O)N(CC)CC. The Kier molecular flexibility index (Phi) is 5.64. The Bertz CT molecular complexity index is 739. The lowest BCUT2D eigenvalue weighted by atomic mass is 9.98. The fourth-order valence-corrected chi connectivity index (χ4v) is 3.98. The van der Waals surface area contributed by atoms with Gasteiger partial charge in [-0.3, -0.25) is 14.5 Å². The van der Waals surface area contributed by atoms with Crippen LogP contribution in [0.5, 0.6) is 0 Å². The number of likely N-dealkylation sites (N-methyl/N-ethyl adjacent to an activating group) is 1. The van der Waals surface area contributed by atoms with E-state index in [-0.39, 0.29) is 22.6 Å². The van der Waals surface area contributed by atoms with Crippen LogP contribution >= 0.6 is 0 Å². The van der Waals surface area contributed by atoms with Crippen LogP contribution in [0.15, 0.2) is 34.2 Å².